The molecule has 3 heteroatoms. The molecule has 0 bridgehead atoms. The Morgan fingerprint density at radius 1 is 1.38 bits per heavy atom. The van der Waals surface area contributed by atoms with Crippen molar-refractivity contribution in [1.82, 2.24) is 10.2 Å². The fourth-order valence-corrected chi connectivity index (χ4v) is 2.72. The molecule has 2 fully saturated rings. The summed E-state index contributed by atoms with van der Waals surface area (Å²) < 4.78 is 0. The summed E-state index contributed by atoms with van der Waals surface area (Å²) in [7, 11) is 0. The summed E-state index contributed by atoms with van der Waals surface area (Å²) in [6, 6.07) is 1.49. The van der Waals surface area contributed by atoms with Crippen LogP contribution in [0.4, 0.5) is 0 Å². The molecule has 2 unspecified atom stereocenters. The van der Waals surface area contributed by atoms with Crippen LogP contribution in [0.25, 0.3) is 0 Å². The number of nitrogens with zero attached hydrogens (tertiary/aromatic N) is 1. The van der Waals surface area contributed by atoms with Crippen LogP contribution < -0.4 is 5.32 Å². The molecule has 1 heterocycles. The first-order chi connectivity index (χ1) is 7.61. The van der Waals surface area contributed by atoms with Gasteiger partial charge in [0.15, 0.2) is 0 Å². The van der Waals surface area contributed by atoms with E-state index in [0.717, 1.165) is 25.4 Å². The van der Waals surface area contributed by atoms with Crippen LogP contribution >= 0.6 is 0 Å². The van der Waals surface area contributed by atoms with Crippen molar-refractivity contribution < 1.29 is 5.11 Å². The van der Waals surface area contributed by atoms with E-state index in [2.05, 4.69) is 17.1 Å². The maximum Gasteiger partial charge on any atom is 0.0743 e. The Bertz CT molecular complexity index is 226. The third-order valence-electron chi connectivity index (χ3n) is 3.84. The molecule has 0 aromatic carbocycles. The van der Waals surface area contributed by atoms with Gasteiger partial charge >= 0.3 is 0 Å². The minimum atomic E-state index is -0.526. The van der Waals surface area contributed by atoms with E-state index in [0.29, 0.717) is 6.04 Å². The summed E-state index contributed by atoms with van der Waals surface area (Å²) in [5.74, 6) is 0. The topological polar surface area (TPSA) is 35.5 Å². The van der Waals surface area contributed by atoms with Crippen LogP contribution in [0.5, 0.6) is 0 Å². The van der Waals surface area contributed by atoms with Crippen LogP contribution in [0.2, 0.25) is 0 Å². The SMILES string of the molecule is CCCC(C)(O)CNC1CCN(C2CC2)C1. The fourth-order valence-electron chi connectivity index (χ4n) is 2.72. The van der Waals surface area contributed by atoms with Gasteiger partial charge in [0.1, 0.15) is 0 Å². The number of hydrogen-bond donors (Lipinski definition) is 2. The Balaban J connectivity index is 1.66. The maximum absolute atomic E-state index is 10.1. The van der Waals surface area contributed by atoms with Crippen molar-refractivity contribution in [1.29, 1.82) is 0 Å². The third kappa shape index (κ3) is 3.44. The van der Waals surface area contributed by atoms with E-state index in [1.807, 2.05) is 6.92 Å². The van der Waals surface area contributed by atoms with Gasteiger partial charge in [-0.1, -0.05) is 13.3 Å². The summed E-state index contributed by atoms with van der Waals surface area (Å²) in [6.07, 6.45) is 5.99. The van der Waals surface area contributed by atoms with Crippen molar-refractivity contribution >= 4 is 0 Å². The Labute approximate surface area is 99.2 Å². The maximum atomic E-state index is 10.1. The molecule has 2 aliphatic rings. The van der Waals surface area contributed by atoms with Crippen molar-refractivity contribution in [2.75, 3.05) is 19.6 Å². The standard InChI is InChI=1S/C13H26N2O/c1-3-7-13(2,16)10-14-11-6-8-15(9-11)12-4-5-12/h11-12,14,16H,3-10H2,1-2H3. The van der Waals surface area contributed by atoms with E-state index in [-0.39, 0.29) is 0 Å². The highest BCUT2D eigenvalue weighted by atomic mass is 16.3. The molecule has 0 aromatic heterocycles. The lowest BCUT2D eigenvalue weighted by atomic mass is 10.0. The lowest BCUT2D eigenvalue weighted by Gasteiger charge is -2.25. The second-order valence-electron chi connectivity index (χ2n) is 5.84. The van der Waals surface area contributed by atoms with Crippen LogP contribution in [0.15, 0.2) is 0 Å². The molecule has 3 nitrogen and oxygen atoms in total. The molecule has 1 saturated heterocycles. The summed E-state index contributed by atoms with van der Waals surface area (Å²) in [5, 5.41) is 13.6. The van der Waals surface area contributed by atoms with Crippen molar-refractivity contribution in [3.8, 4) is 0 Å². The van der Waals surface area contributed by atoms with E-state index >= 15 is 0 Å². The van der Waals surface area contributed by atoms with Gasteiger partial charge in [0.2, 0.25) is 0 Å². The molecule has 1 saturated carbocycles. The zero-order valence-electron chi connectivity index (χ0n) is 10.7. The molecular formula is C13H26N2O. The minimum absolute atomic E-state index is 0.526. The monoisotopic (exact) mass is 226 g/mol. The molecule has 0 radical (unpaired) electrons. The molecule has 0 spiro atoms. The highest BCUT2D eigenvalue weighted by molar-refractivity contribution is 4.92. The van der Waals surface area contributed by atoms with Gasteiger partial charge in [-0.05, 0) is 32.6 Å². The zero-order valence-corrected chi connectivity index (χ0v) is 10.7. The predicted octanol–water partition coefficient (Wildman–Crippen LogP) is 1.36. The lowest BCUT2D eigenvalue weighted by Crippen LogP contribution is -2.43. The van der Waals surface area contributed by atoms with Crippen LogP contribution in [0, 0.1) is 0 Å². The average Bonchev–Trinajstić information content (AvgIpc) is 2.95. The molecule has 16 heavy (non-hydrogen) atoms. The molecule has 0 amide bonds. The first-order valence-electron chi connectivity index (χ1n) is 6.80. The molecule has 1 aliphatic heterocycles. The van der Waals surface area contributed by atoms with E-state index < -0.39 is 5.60 Å². The first kappa shape index (κ1) is 12.3. The Morgan fingerprint density at radius 2 is 2.12 bits per heavy atom. The molecular weight excluding hydrogens is 200 g/mol. The van der Waals surface area contributed by atoms with Crippen LogP contribution in [0.1, 0.15) is 46.0 Å². The van der Waals surface area contributed by atoms with E-state index in [9.17, 15) is 5.11 Å². The van der Waals surface area contributed by atoms with Gasteiger partial charge in [0, 0.05) is 31.7 Å². The Hall–Kier alpha value is -0.120. The van der Waals surface area contributed by atoms with Gasteiger partial charge in [0.05, 0.1) is 5.60 Å². The first-order valence-corrected chi connectivity index (χ1v) is 6.80. The van der Waals surface area contributed by atoms with Crippen LogP contribution in [-0.2, 0) is 0 Å². The van der Waals surface area contributed by atoms with Crippen LogP contribution in [0.3, 0.4) is 0 Å². The highest BCUT2D eigenvalue weighted by Gasteiger charge is 2.34. The zero-order chi connectivity index (χ0) is 11.6. The number of likely N-dealkylation sites (tertiary alicyclic amines) is 1. The molecule has 94 valence electrons. The fraction of sp³-hybridized carbons (Fsp3) is 1.00. The number of aliphatic hydroxyl groups is 1. The highest BCUT2D eigenvalue weighted by Crippen LogP contribution is 2.29. The third-order valence-corrected chi connectivity index (χ3v) is 3.84. The summed E-state index contributed by atoms with van der Waals surface area (Å²) in [4.78, 5) is 2.60. The lowest BCUT2D eigenvalue weighted by molar-refractivity contribution is 0.0474. The van der Waals surface area contributed by atoms with Crippen molar-refractivity contribution in [3.63, 3.8) is 0 Å². The second kappa shape index (κ2) is 5.03. The molecule has 2 N–H and O–H groups in total. The van der Waals surface area contributed by atoms with E-state index in [1.54, 1.807) is 0 Å². The quantitative estimate of drug-likeness (QED) is 0.718. The van der Waals surface area contributed by atoms with Gasteiger partial charge in [-0.25, -0.2) is 0 Å². The van der Waals surface area contributed by atoms with Crippen molar-refractivity contribution in [2.24, 2.45) is 0 Å². The van der Waals surface area contributed by atoms with Gasteiger partial charge in [-0.15, -0.1) is 0 Å². The molecule has 2 atom stereocenters. The summed E-state index contributed by atoms with van der Waals surface area (Å²) in [6.45, 7) is 7.24. The van der Waals surface area contributed by atoms with Crippen molar-refractivity contribution in [2.45, 2.75) is 63.6 Å². The predicted molar refractivity (Wildman–Crippen MR) is 66.5 cm³/mol. The van der Waals surface area contributed by atoms with Crippen LogP contribution in [-0.4, -0.2) is 47.3 Å². The van der Waals surface area contributed by atoms with Gasteiger partial charge in [-0.3, -0.25) is 4.90 Å². The van der Waals surface area contributed by atoms with Gasteiger partial charge in [0.25, 0.3) is 0 Å². The smallest absolute Gasteiger partial charge is 0.0743 e. The second-order valence-corrected chi connectivity index (χ2v) is 5.84. The normalized spacial score (nSPS) is 30.6. The Morgan fingerprint density at radius 3 is 2.75 bits per heavy atom. The van der Waals surface area contributed by atoms with Gasteiger partial charge in [-0.2, -0.15) is 0 Å². The van der Waals surface area contributed by atoms with E-state index in [1.165, 1.54) is 32.4 Å². The number of hydrogen-bond acceptors (Lipinski definition) is 3. The minimum Gasteiger partial charge on any atom is -0.389 e. The average molecular weight is 226 g/mol. The number of nitrogens with one attached hydrogen (secondary N) is 1. The van der Waals surface area contributed by atoms with Gasteiger partial charge < -0.3 is 10.4 Å². The van der Waals surface area contributed by atoms with E-state index in [4.69, 9.17) is 0 Å². The summed E-state index contributed by atoms with van der Waals surface area (Å²) >= 11 is 0. The summed E-state index contributed by atoms with van der Waals surface area (Å²) in [5.41, 5.74) is -0.526. The number of rotatable bonds is 6. The van der Waals surface area contributed by atoms with Crippen molar-refractivity contribution in [3.05, 3.63) is 0 Å². The molecule has 1 aliphatic carbocycles. The largest absolute Gasteiger partial charge is 0.389 e. The molecule has 0 aromatic rings. The Kier molecular flexibility index (Phi) is 3.88. The molecule has 2 rings (SSSR count).